The minimum absolute atomic E-state index is 0.0215. The molecular formula is C26H29N3O3. The van der Waals surface area contributed by atoms with Crippen LogP contribution in [-0.2, 0) is 11.2 Å². The minimum atomic E-state index is -0.207. The largest absolute Gasteiger partial charge is 0.490 e. The van der Waals surface area contributed by atoms with E-state index in [1.165, 1.54) is 11.1 Å². The summed E-state index contributed by atoms with van der Waals surface area (Å²) in [6, 6.07) is 14.1. The van der Waals surface area contributed by atoms with Crippen LogP contribution in [0.2, 0.25) is 0 Å². The van der Waals surface area contributed by atoms with Crippen LogP contribution in [0, 0.1) is 11.3 Å². The number of nitriles is 1. The third kappa shape index (κ3) is 4.27. The molecule has 6 nitrogen and oxygen atoms in total. The first-order valence-corrected chi connectivity index (χ1v) is 11.0. The zero-order valence-electron chi connectivity index (χ0n) is 18.8. The third-order valence-corrected chi connectivity index (χ3v) is 6.02. The lowest BCUT2D eigenvalue weighted by atomic mass is 9.98. The molecule has 6 heteroatoms. The average molecular weight is 432 g/mol. The highest BCUT2D eigenvalue weighted by molar-refractivity contribution is 5.98. The maximum Gasteiger partial charge on any atom is 0.221 e. The first-order valence-electron chi connectivity index (χ1n) is 11.0. The third-order valence-electron chi connectivity index (χ3n) is 6.02. The standard InChI is InChI=1S/C26H29N3O3/c1-16(2)32-25-11-8-18(12-19(25)13-27)26(31-4)28-17(3)21-6-5-7-23-22(21)9-10-24(23)29-14-20(30)15-29/h5-8,11-12,16,20,24,30H,3,9-10,14-15H2,1-2,4H3. The Bertz CT molecular complexity index is 1090. The van der Waals surface area contributed by atoms with Gasteiger partial charge in [-0.25, -0.2) is 4.99 Å². The number of benzene rings is 2. The predicted octanol–water partition coefficient (Wildman–Crippen LogP) is 4.07. The van der Waals surface area contributed by atoms with E-state index in [2.05, 4.69) is 23.6 Å². The van der Waals surface area contributed by atoms with Gasteiger partial charge in [0.05, 0.1) is 30.6 Å². The number of aliphatic hydroxyl groups is 1. The molecule has 32 heavy (non-hydrogen) atoms. The van der Waals surface area contributed by atoms with Crippen molar-refractivity contribution in [1.29, 1.82) is 5.26 Å². The molecule has 2 aromatic carbocycles. The van der Waals surface area contributed by atoms with Gasteiger partial charge < -0.3 is 14.6 Å². The van der Waals surface area contributed by atoms with Gasteiger partial charge in [0.1, 0.15) is 11.8 Å². The fourth-order valence-electron chi connectivity index (χ4n) is 4.54. The second kappa shape index (κ2) is 9.15. The molecule has 2 aromatic rings. The van der Waals surface area contributed by atoms with Gasteiger partial charge in [0.15, 0.2) is 0 Å². The van der Waals surface area contributed by atoms with Crippen LogP contribution in [0.5, 0.6) is 5.75 Å². The zero-order valence-corrected chi connectivity index (χ0v) is 18.8. The number of likely N-dealkylation sites (tertiary alicyclic amines) is 1. The second-order valence-corrected chi connectivity index (χ2v) is 8.59. The number of aliphatic imine (C=N–C) groups is 1. The van der Waals surface area contributed by atoms with E-state index in [1.54, 1.807) is 19.2 Å². The highest BCUT2D eigenvalue weighted by Crippen LogP contribution is 2.41. The van der Waals surface area contributed by atoms with Crippen molar-refractivity contribution < 1.29 is 14.6 Å². The molecule has 1 atom stereocenters. The van der Waals surface area contributed by atoms with Crippen molar-refractivity contribution in [2.45, 2.75) is 44.9 Å². The zero-order chi connectivity index (χ0) is 22.8. The van der Waals surface area contributed by atoms with E-state index in [9.17, 15) is 10.4 Å². The Morgan fingerprint density at radius 2 is 2.06 bits per heavy atom. The second-order valence-electron chi connectivity index (χ2n) is 8.59. The molecule has 4 rings (SSSR count). The number of β-amino-alcohol motifs (C(OH)–C–C–N with tert-alkyl or cyclic N) is 1. The summed E-state index contributed by atoms with van der Waals surface area (Å²) >= 11 is 0. The molecule has 1 aliphatic heterocycles. The molecule has 0 spiro atoms. The van der Waals surface area contributed by atoms with Gasteiger partial charge in [0, 0.05) is 30.3 Å². The van der Waals surface area contributed by atoms with Gasteiger partial charge in [-0.05, 0) is 56.0 Å². The number of hydrogen-bond acceptors (Lipinski definition) is 6. The number of hydrogen-bond donors (Lipinski definition) is 1. The highest BCUT2D eigenvalue weighted by atomic mass is 16.5. The van der Waals surface area contributed by atoms with E-state index in [1.807, 2.05) is 32.0 Å². The molecule has 1 heterocycles. The fourth-order valence-corrected chi connectivity index (χ4v) is 4.54. The van der Waals surface area contributed by atoms with Crippen LogP contribution in [0.15, 0.2) is 48.0 Å². The molecule has 1 unspecified atom stereocenters. The Balaban J connectivity index is 1.61. The molecule has 0 bridgehead atoms. The summed E-state index contributed by atoms with van der Waals surface area (Å²) in [4.78, 5) is 7.02. The number of aliphatic hydroxyl groups excluding tert-OH is 1. The molecule has 0 amide bonds. The maximum atomic E-state index is 9.69. The lowest BCUT2D eigenvalue weighted by molar-refractivity contribution is -0.0251. The number of ether oxygens (including phenoxy) is 2. The normalized spacial score (nSPS) is 18.8. The van der Waals surface area contributed by atoms with E-state index in [-0.39, 0.29) is 12.2 Å². The van der Waals surface area contributed by atoms with E-state index in [0.29, 0.717) is 34.5 Å². The number of nitrogens with zero attached hydrogens (tertiary/aromatic N) is 3. The summed E-state index contributed by atoms with van der Waals surface area (Å²) in [6.07, 6.45) is 1.77. The monoisotopic (exact) mass is 431 g/mol. The topological polar surface area (TPSA) is 78.1 Å². The van der Waals surface area contributed by atoms with Crippen LogP contribution in [0.25, 0.3) is 5.70 Å². The van der Waals surface area contributed by atoms with Crippen molar-refractivity contribution in [3.8, 4) is 11.8 Å². The van der Waals surface area contributed by atoms with Gasteiger partial charge in [-0.2, -0.15) is 5.26 Å². The van der Waals surface area contributed by atoms with Crippen LogP contribution < -0.4 is 4.74 Å². The summed E-state index contributed by atoms with van der Waals surface area (Å²) in [5, 5.41) is 19.2. The van der Waals surface area contributed by atoms with Crippen molar-refractivity contribution in [1.82, 2.24) is 4.90 Å². The smallest absolute Gasteiger partial charge is 0.221 e. The summed E-state index contributed by atoms with van der Waals surface area (Å²) < 4.78 is 11.3. The summed E-state index contributed by atoms with van der Waals surface area (Å²) in [7, 11) is 1.57. The Kier molecular flexibility index (Phi) is 6.31. The lowest BCUT2D eigenvalue weighted by Gasteiger charge is -2.40. The fraction of sp³-hybridized carbons (Fsp3) is 0.385. The Morgan fingerprint density at radius 1 is 1.28 bits per heavy atom. The Hall–Kier alpha value is -3.14. The van der Waals surface area contributed by atoms with Crippen molar-refractivity contribution in [2.75, 3.05) is 20.2 Å². The molecule has 166 valence electrons. The quantitative estimate of drug-likeness (QED) is 0.551. The van der Waals surface area contributed by atoms with E-state index in [4.69, 9.17) is 14.5 Å². The molecule has 0 aromatic heterocycles. The molecule has 1 aliphatic carbocycles. The van der Waals surface area contributed by atoms with Gasteiger partial charge in [-0.15, -0.1) is 0 Å². The van der Waals surface area contributed by atoms with Crippen molar-refractivity contribution in [3.05, 3.63) is 70.8 Å². The van der Waals surface area contributed by atoms with Crippen LogP contribution in [0.1, 0.15) is 54.1 Å². The number of rotatable bonds is 6. The first-order chi connectivity index (χ1) is 15.4. The molecule has 1 N–H and O–H groups in total. The van der Waals surface area contributed by atoms with Gasteiger partial charge in [-0.1, -0.05) is 24.8 Å². The first kappa shape index (κ1) is 22.1. The van der Waals surface area contributed by atoms with Crippen molar-refractivity contribution in [3.63, 3.8) is 0 Å². The number of methoxy groups -OCH3 is 1. The van der Waals surface area contributed by atoms with Gasteiger partial charge in [-0.3, -0.25) is 4.90 Å². The van der Waals surface area contributed by atoms with E-state index >= 15 is 0 Å². The summed E-state index contributed by atoms with van der Waals surface area (Å²) in [5.41, 5.74) is 5.34. The molecule has 0 saturated carbocycles. The highest BCUT2D eigenvalue weighted by Gasteiger charge is 2.36. The molecule has 0 radical (unpaired) electrons. The summed E-state index contributed by atoms with van der Waals surface area (Å²) in [5.74, 6) is 0.948. The number of fused-ring (bicyclic) bond motifs is 1. The van der Waals surface area contributed by atoms with Crippen LogP contribution in [-0.4, -0.2) is 48.3 Å². The van der Waals surface area contributed by atoms with Crippen LogP contribution in [0.4, 0.5) is 0 Å². The molecule has 1 saturated heterocycles. The molecular weight excluding hydrogens is 402 g/mol. The Labute approximate surface area is 189 Å². The summed E-state index contributed by atoms with van der Waals surface area (Å²) in [6.45, 7) is 9.54. The SMILES string of the molecule is C=C(N=C(OC)c1ccc(OC(C)C)c(C#N)c1)c1cccc2c1CCC2N1CC(O)C1. The lowest BCUT2D eigenvalue weighted by Crippen LogP contribution is -2.51. The van der Waals surface area contributed by atoms with Crippen LogP contribution >= 0.6 is 0 Å². The molecule has 1 fully saturated rings. The maximum absolute atomic E-state index is 9.69. The Morgan fingerprint density at radius 3 is 2.72 bits per heavy atom. The molecule has 2 aliphatic rings. The predicted molar refractivity (Wildman–Crippen MR) is 125 cm³/mol. The minimum Gasteiger partial charge on any atom is -0.490 e. The van der Waals surface area contributed by atoms with Crippen molar-refractivity contribution >= 4 is 11.6 Å². The van der Waals surface area contributed by atoms with E-state index in [0.717, 1.165) is 31.5 Å². The van der Waals surface area contributed by atoms with Crippen LogP contribution in [0.3, 0.4) is 0 Å². The van der Waals surface area contributed by atoms with E-state index < -0.39 is 0 Å². The van der Waals surface area contributed by atoms with Gasteiger partial charge >= 0.3 is 0 Å². The average Bonchev–Trinajstić information content (AvgIpc) is 3.18. The van der Waals surface area contributed by atoms with Gasteiger partial charge in [0.25, 0.3) is 0 Å². The van der Waals surface area contributed by atoms with Crippen molar-refractivity contribution in [2.24, 2.45) is 4.99 Å². The van der Waals surface area contributed by atoms with Gasteiger partial charge in [0.2, 0.25) is 5.90 Å².